The molecule has 4 heteroatoms. The summed E-state index contributed by atoms with van der Waals surface area (Å²) in [5.74, 6) is 0.876. The minimum Gasteiger partial charge on any atom is -0.392 e. The molecular weight excluding hydrogens is 336 g/mol. The van der Waals surface area contributed by atoms with Gasteiger partial charge in [-0.25, -0.2) is 0 Å². The first-order chi connectivity index (χ1) is 9.20. The van der Waals surface area contributed by atoms with Gasteiger partial charge in [0, 0.05) is 21.0 Å². The van der Waals surface area contributed by atoms with Gasteiger partial charge in [0.25, 0.3) is 0 Å². The quantitative estimate of drug-likeness (QED) is 0.803. The van der Waals surface area contributed by atoms with Crippen molar-refractivity contribution < 1.29 is 9.84 Å². The summed E-state index contributed by atoms with van der Waals surface area (Å²) in [6.07, 6.45) is 0.552. The highest BCUT2D eigenvalue weighted by atomic mass is 79.9. The summed E-state index contributed by atoms with van der Waals surface area (Å²) in [5, 5.41) is 10.5. The van der Waals surface area contributed by atoms with E-state index in [4.69, 9.17) is 4.74 Å². The minimum atomic E-state index is -0.351. The van der Waals surface area contributed by atoms with Crippen molar-refractivity contribution >= 4 is 27.7 Å². The fourth-order valence-corrected chi connectivity index (χ4v) is 4.59. The van der Waals surface area contributed by atoms with E-state index in [0.717, 1.165) is 10.9 Å². The molecule has 0 aromatic heterocycles. The Morgan fingerprint density at radius 1 is 1.40 bits per heavy atom. The molecule has 1 aliphatic heterocycles. The Morgan fingerprint density at radius 2 is 2.10 bits per heavy atom. The molecule has 0 aliphatic carbocycles. The topological polar surface area (TPSA) is 29.5 Å². The molecule has 0 spiro atoms. The molecule has 1 N–H and O–H groups in total. The van der Waals surface area contributed by atoms with Gasteiger partial charge in [0.15, 0.2) is 0 Å². The van der Waals surface area contributed by atoms with Gasteiger partial charge in [-0.05, 0) is 52.3 Å². The van der Waals surface area contributed by atoms with Crippen molar-refractivity contribution in [2.24, 2.45) is 5.92 Å². The molecule has 20 heavy (non-hydrogen) atoms. The molecular formula is C16H23BrO2S. The van der Waals surface area contributed by atoms with Gasteiger partial charge in [0.05, 0.1) is 17.3 Å². The Kier molecular flexibility index (Phi) is 4.90. The second-order valence-corrected chi connectivity index (χ2v) is 8.62. The van der Waals surface area contributed by atoms with Gasteiger partial charge in [-0.1, -0.05) is 22.0 Å². The van der Waals surface area contributed by atoms with E-state index in [1.54, 1.807) is 11.8 Å². The van der Waals surface area contributed by atoms with Crippen LogP contribution in [-0.4, -0.2) is 28.2 Å². The lowest BCUT2D eigenvalue weighted by Gasteiger charge is -2.30. The maximum Gasteiger partial charge on any atom is 0.0690 e. The van der Waals surface area contributed by atoms with Crippen LogP contribution in [0.3, 0.4) is 0 Å². The Morgan fingerprint density at radius 3 is 2.65 bits per heavy atom. The number of hydrogen-bond donors (Lipinski definition) is 1. The van der Waals surface area contributed by atoms with Crippen LogP contribution in [0.1, 0.15) is 34.1 Å². The minimum absolute atomic E-state index is 0.143. The average Bonchev–Trinajstić information content (AvgIpc) is 2.54. The van der Waals surface area contributed by atoms with E-state index in [0.29, 0.717) is 5.75 Å². The van der Waals surface area contributed by atoms with Crippen LogP contribution >= 0.6 is 27.7 Å². The molecule has 1 heterocycles. The van der Waals surface area contributed by atoms with Crippen molar-refractivity contribution in [3.63, 3.8) is 0 Å². The van der Waals surface area contributed by atoms with Crippen LogP contribution < -0.4 is 0 Å². The van der Waals surface area contributed by atoms with Crippen LogP contribution in [0.5, 0.6) is 0 Å². The molecule has 112 valence electrons. The van der Waals surface area contributed by atoms with Crippen LogP contribution in [-0.2, 0) is 4.74 Å². The molecule has 1 fully saturated rings. The van der Waals surface area contributed by atoms with E-state index < -0.39 is 0 Å². The van der Waals surface area contributed by atoms with Gasteiger partial charge in [-0.3, -0.25) is 0 Å². The maximum atomic E-state index is 10.5. The van der Waals surface area contributed by atoms with E-state index in [2.05, 4.69) is 55.8 Å². The van der Waals surface area contributed by atoms with Crippen LogP contribution in [0, 0.1) is 5.92 Å². The van der Waals surface area contributed by atoms with Crippen LogP contribution in [0.2, 0.25) is 0 Å². The average molecular weight is 359 g/mol. The largest absolute Gasteiger partial charge is 0.392 e. The van der Waals surface area contributed by atoms with Crippen molar-refractivity contribution in [1.29, 1.82) is 0 Å². The van der Waals surface area contributed by atoms with E-state index in [-0.39, 0.29) is 23.2 Å². The first-order valence-corrected chi connectivity index (χ1v) is 8.74. The normalized spacial score (nSPS) is 25.6. The molecule has 2 unspecified atom stereocenters. The Bertz CT molecular complexity index is 473. The smallest absolute Gasteiger partial charge is 0.0690 e. The highest BCUT2D eigenvalue weighted by Gasteiger charge is 2.48. The van der Waals surface area contributed by atoms with Gasteiger partial charge in [-0.2, -0.15) is 0 Å². The maximum absolute atomic E-state index is 10.5. The first kappa shape index (κ1) is 16.3. The summed E-state index contributed by atoms with van der Waals surface area (Å²) in [6, 6.07) is 8.18. The van der Waals surface area contributed by atoms with Gasteiger partial charge >= 0.3 is 0 Å². The Balaban J connectivity index is 1.97. The zero-order valence-corrected chi connectivity index (χ0v) is 14.9. The van der Waals surface area contributed by atoms with Gasteiger partial charge in [0.1, 0.15) is 0 Å². The van der Waals surface area contributed by atoms with Crippen LogP contribution in [0.25, 0.3) is 0 Å². The molecule has 2 rings (SSSR count). The molecule has 0 saturated carbocycles. The predicted octanol–water partition coefficient (Wildman–Crippen LogP) is 4.50. The number of benzene rings is 1. The summed E-state index contributed by atoms with van der Waals surface area (Å²) in [6.45, 7) is 8.37. The van der Waals surface area contributed by atoms with E-state index in [9.17, 15) is 5.11 Å². The zero-order chi connectivity index (χ0) is 15.0. The summed E-state index contributed by atoms with van der Waals surface area (Å²) in [7, 11) is 0. The lowest BCUT2D eigenvalue weighted by Crippen LogP contribution is -2.37. The van der Waals surface area contributed by atoms with Crippen LogP contribution in [0.15, 0.2) is 33.6 Å². The third kappa shape index (κ3) is 4.00. The van der Waals surface area contributed by atoms with E-state index >= 15 is 0 Å². The molecule has 0 radical (unpaired) electrons. The number of ether oxygens (including phenoxy) is 1. The van der Waals surface area contributed by atoms with E-state index in [1.807, 2.05) is 12.1 Å². The summed E-state index contributed by atoms with van der Waals surface area (Å²) >= 11 is 5.17. The van der Waals surface area contributed by atoms with Crippen molar-refractivity contribution in [3.8, 4) is 0 Å². The Labute approximate surface area is 134 Å². The van der Waals surface area contributed by atoms with Gasteiger partial charge in [-0.15, -0.1) is 11.8 Å². The fourth-order valence-electron chi connectivity index (χ4n) is 3.06. The summed E-state index contributed by atoms with van der Waals surface area (Å²) < 4.78 is 7.14. The van der Waals surface area contributed by atoms with Crippen LogP contribution in [0.4, 0.5) is 0 Å². The summed E-state index contributed by atoms with van der Waals surface area (Å²) in [5.41, 5.74) is -0.406. The van der Waals surface area contributed by atoms with Gasteiger partial charge < -0.3 is 9.84 Å². The number of aliphatic hydroxyl groups is 1. The predicted molar refractivity (Wildman–Crippen MR) is 88.2 cm³/mol. The number of thioether (sulfide) groups is 1. The first-order valence-electron chi connectivity index (χ1n) is 6.96. The highest BCUT2D eigenvalue weighted by Crippen LogP contribution is 2.44. The molecule has 2 nitrogen and oxygen atoms in total. The number of rotatable bonds is 4. The molecule has 2 atom stereocenters. The van der Waals surface area contributed by atoms with E-state index in [1.165, 1.54) is 4.90 Å². The molecule has 1 aromatic carbocycles. The third-order valence-corrected chi connectivity index (χ3v) is 5.41. The Hall–Kier alpha value is -0.0300. The molecule has 1 saturated heterocycles. The SMILES string of the molecule is CC1(C)CC(C(O)CSc2cccc(Br)c2)C(C)(C)O1. The number of aliphatic hydroxyl groups excluding tert-OH is 1. The lowest BCUT2D eigenvalue weighted by molar-refractivity contribution is -0.0853. The highest BCUT2D eigenvalue weighted by molar-refractivity contribution is 9.10. The van der Waals surface area contributed by atoms with Crippen molar-refractivity contribution in [1.82, 2.24) is 0 Å². The second-order valence-electron chi connectivity index (χ2n) is 6.61. The molecule has 1 aromatic rings. The molecule has 0 bridgehead atoms. The zero-order valence-electron chi connectivity index (χ0n) is 12.5. The third-order valence-electron chi connectivity index (χ3n) is 3.83. The number of halogens is 1. The number of hydrogen-bond acceptors (Lipinski definition) is 3. The fraction of sp³-hybridized carbons (Fsp3) is 0.625. The second kappa shape index (κ2) is 5.99. The molecule has 0 amide bonds. The van der Waals surface area contributed by atoms with Crippen molar-refractivity contribution in [2.75, 3.05) is 5.75 Å². The summed E-state index contributed by atoms with van der Waals surface area (Å²) in [4.78, 5) is 1.18. The van der Waals surface area contributed by atoms with Gasteiger partial charge in [0.2, 0.25) is 0 Å². The standard InChI is InChI=1S/C16H23BrO2S/c1-15(2)9-13(16(3,4)19-15)14(18)10-20-12-7-5-6-11(17)8-12/h5-8,13-14,18H,9-10H2,1-4H3. The lowest BCUT2D eigenvalue weighted by atomic mass is 9.84. The van der Waals surface area contributed by atoms with Crippen molar-refractivity contribution in [3.05, 3.63) is 28.7 Å². The van der Waals surface area contributed by atoms with Crippen molar-refractivity contribution in [2.45, 2.75) is 56.3 Å². The monoisotopic (exact) mass is 358 g/mol. The molecule has 1 aliphatic rings.